The quantitative estimate of drug-likeness (QED) is 0.705. The SMILES string of the molecule is CCC(C)C1NCN(C2CC2)C1=O. The van der Waals surface area contributed by atoms with E-state index in [0.717, 1.165) is 13.1 Å². The summed E-state index contributed by atoms with van der Waals surface area (Å²) in [4.78, 5) is 13.9. The van der Waals surface area contributed by atoms with Crippen LogP contribution in [0.1, 0.15) is 33.1 Å². The molecule has 13 heavy (non-hydrogen) atoms. The molecule has 0 aromatic rings. The van der Waals surface area contributed by atoms with Gasteiger partial charge >= 0.3 is 0 Å². The Morgan fingerprint density at radius 3 is 2.85 bits per heavy atom. The summed E-state index contributed by atoms with van der Waals surface area (Å²) in [6.07, 6.45) is 3.49. The molecule has 2 unspecified atom stereocenters. The molecule has 2 atom stereocenters. The topological polar surface area (TPSA) is 32.3 Å². The first kappa shape index (κ1) is 9.00. The molecule has 1 amide bonds. The third kappa shape index (κ3) is 1.57. The van der Waals surface area contributed by atoms with Gasteiger partial charge in [-0.1, -0.05) is 20.3 Å². The van der Waals surface area contributed by atoms with E-state index in [0.29, 0.717) is 17.9 Å². The second kappa shape index (κ2) is 3.29. The van der Waals surface area contributed by atoms with Gasteiger partial charge in [-0.2, -0.15) is 0 Å². The Hall–Kier alpha value is -0.570. The molecule has 2 fully saturated rings. The highest BCUT2D eigenvalue weighted by atomic mass is 16.2. The molecule has 2 rings (SSSR count). The summed E-state index contributed by atoms with van der Waals surface area (Å²) in [5, 5.41) is 3.30. The molecule has 1 heterocycles. The standard InChI is InChI=1S/C10H18N2O/c1-3-7(2)9-10(13)12(6-11-9)8-4-5-8/h7-9,11H,3-6H2,1-2H3. The summed E-state index contributed by atoms with van der Waals surface area (Å²) in [5.74, 6) is 0.799. The Morgan fingerprint density at radius 1 is 1.62 bits per heavy atom. The lowest BCUT2D eigenvalue weighted by Gasteiger charge is -2.17. The number of amides is 1. The molecular formula is C10H18N2O. The zero-order valence-electron chi connectivity index (χ0n) is 8.42. The average molecular weight is 182 g/mol. The second-order valence-corrected chi connectivity index (χ2v) is 4.26. The Morgan fingerprint density at radius 2 is 2.31 bits per heavy atom. The Balaban J connectivity index is 1.97. The molecule has 0 aromatic carbocycles. The lowest BCUT2D eigenvalue weighted by atomic mass is 9.99. The predicted molar refractivity (Wildman–Crippen MR) is 51.1 cm³/mol. The van der Waals surface area contributed by atoms with E-state index in [9.17, 15) is 4.79 Å². The van der Waals surface area contributed by atoms with Crippen LogP contribution in [0.25, 0.3) is 0 Å². The lowest BCUT2D eigenvalue weighted by molar-refractivity contribution is -0.130. The fraction of sp³-hybridized carbons (Fsp3) is 0.900. The highest BCUT2D eigenvalue weighted by Crippen LogP contribution is 2.30. The maximum atomic E-state index is 11.9. The molecule has 2 aliphatic rings. The zero-order valence-corrected chi connectivity index (χ0v) is 8.42. The third-order valence-electron chi connectivity index (χ3n) is 3.23. The molecule has 1 saturated carbocycles. The van der Waals surface area contributed by atoms with E-state index < -0.39 is 0 Å². The van der Waals surface area contributed by atoms with E-state index in [1.807, 2.05) is 4.90 Å². The van der Waals surface area contributed by atoms with Gasteiger partial charge in [-0.25, -0.2) is 0 Å². The van der Waals surface area contributed by atoms with Gasteiger partial charge in [0.2, 0.25) is 5.91 Å². The first-order chi connectivity index (χ1) is 6.24. The first-order valence-corrected chi connectivity index (χ1v) is 5.28. The monoisotopic (exact) mass is 182 g/mol. The normalized spacial score (nSPS) is 31.1. The Bertz CT molecular complexity index is 213. The van der Waals surface area contributed by atoms with Crippen LogP contribution in [0.5, 0.6) is 0 Å². The molecule has 3 nitrogen and oxygen atoms in total. The number of hydrogen-bond donors (Lipinski definition) is 1. The van der Waals surface area contributed by atoms with E-state index in [2.05, 4.69) is 19.2 Å². The number of carbonyl (C=O) groups excluding carboxylic acids is 1. The van der Waals surface area contributed by atoms with Crippen molar-refractivity contribution < 1.29 is 4.79 Å². The van der Waals surface area contributed by atoms with Crippen LogP contribution in [0.15, 0.2) is 0 Å². The fourth-order valence-electron chi connectivity index (χ4n) is 1.92. The summed E-state index contributed by atoms with van der Waals surface area (Å²) in [6.45, 7) is 5.06. The average Bonchev–Trinajstić information content (AvgIpc) is 2.90. The molecule has 1 aliphatic heterocycles. The molecule has 1 aliphatic carbocycles. The maximum Gasteiger partial charge on any atom is 0.241 e. The minimum atomic E-state index is 0.0885. The number of rotatable bonds is 3. The lowest BCUT2D eigenvalue weighted by Crippen LogP contribution is -2.36. The third-order valence-corrected chi connectivity index (χ3v) is 3.23. The van der Waals surface area contributed by atoms with Gasteiger partial charge in [0, 0.05) is 6.04 Å². The van der Waals surface area contributed by atoms with Crippen LogP contribution in [-0.2, 0) is 4.79 Å². The van der Waals surface area contributed by atoms with Crippen LogP contribution < -0.4 is 5.32 Å². The van der Waals surface area contributed by atoms with Gasteiger partial charge in [-0.3, -0.25) is 10.1 Å². The minimum absolute atomic E-state index is 0.0885. The van der Waals surface area contributed by atoms with Gasteiger partial charge in [0.1, 0.15) is 0 Å². The summed E-state index contributed by atoms with van der Waals surface area (Å²) in [6, 6.07) is 0.652. The van der Waals surface area contributed by atoms with Crippen molar-refractivity contribution in [1.82, 2.24) is 10.2 Å². The number of nitrogens with zero attached hydrogens (tertiary/aromatic N) is 1. The minimum Gasteiger partial charge on any atom is -0.326 e. The van der Waals surface area contributed by atoms with Crippen molar-refractivity contribution in [2.75, 3.05) is 6.67 Å². The predicted octanol–water partition coefficient (Wildman–Crippen LogP) is 0.953. The summed E-state index contributed by atoms with van der Waals surface area (Å²) >= 11 is 0. The highest BCUT2D eigenvalue weighted by Gasteiger charge is 2.41. The molecule has 74 valence electrons. The number of hydrogen-bond acceptors (Lipinski definition) is 2. The van der Waals surface area contributed by atoms with Crippen molar-refractivity contribution in [3.63, 3.8) is 0 Å². The van der Waals surface area contributed by atoms with Crippen molar-refractivity contribution in [1.29, 1.82) is 0 Å². The van der Waals surface area contributed by atoms with Gasteiger partial charge in [-0.15, -0.1) is 0 Å². The van der Waals surface area contributed by atoms with E-state index in [1.54, 1.807) is 0 Å². The molecule has 0 spiro atoms. The highest BCUT2D eigenvalue weighted by molar-refractivity contribution is 5.84. The molecule has 0 bridgehead atoms. The Kier molecular flexibility index (Phi) is 2.28. The molecule has 0 radical (unpaired) electrons. The fourth-order valence-corrected chi connectivity index (χ4v) is 1.92. The van der Waals surface area contributed by atoms with Crippen molar-refractivity contribution in [2.24, 2.45) is 5.92 Å². The van der Waals surface area contributed by atoms with Crippen LogP contribution in [0.2, 0.25) is 0 Å². The molecule has 1 saturated heterocycles. The van der Waals surface area contributed by atoms with Gasteiger partial charge in [-0.05, 0) is 18.8 Å². The van der Waals surface area contributed by atoms with Crippen LogP contribution in [0.4, 0.5) is 0 Å². The van der Waals surface area contributed by atoms with Crippen molar-refractivity contribution >= 4 is 5.91 Å². The van der Waals surface area contributed by atoms with Crippen LogP contribution in [0.3, 0.4) is 0 Å². The van der Waals surface area contributed by atoms with E-state index in [1.165, 1.54) is 12.8 Å². The second-order valence-electron chi connectivity index (χ2n) is 4.26. The van der Waals surface area contributed by atoms with Crippen molar-refractivity contribution in [3.8, 4) is 0 Å². The molecule has 3 heteroatoms. The van der Waals surface area contributed by atoms with Gasteiger partial charge in [0.05, 0.1) is 12.7 Å². The Labute approximate surface area is 79.5 Å². The zero-order chi connectivity index (χ0) is 9.42. The maximum absolute atomic E-state index is 11.9. The first-order valence-electron chi connectivity index (χ1n) is 5.28. The summed E-state index contributed by atoms with van der Waals surface area (Å²) in [5.41, 5.74) is 0. The van der Waals surface area contributed by atoms with E-state index >= 15 is 0 Å². The van der Waals surface area contributed by atoms with Crippen LogP contribution in [0, 0.1) is 5.92 Å². The van der Waals surface area contributed by atoms with E-state index in [4.69, 9.17) is 0 Å². The van der Waals surface area contributed by atoms with Gasteiger partial charge in [0.25, 0.3) is 0 Å². The summed E-state index contributed by atoms with van der Waals surface area (Å²) in [7, 11) is 0. The van der Waals surface area contributed by atoms with Crippen LogP contribution in [-0.4, -0.2) is 29.6 Å². The summed E-state index contributed by atoms with van der Waals surface area (Å²) < 4.78 is 0. The molecular weight excluding hydrogens is 164 g/mol. The van der Waals surface area contributed by atoms with E-state index in [-0.39, 0.29) is 6.04 Å². The van der Waals surface area contributed by atoms with Crippen molar-refractivity contribution in [3.05, 3.63) is 0 Å². The van der Waals surface area contributed by atoms with Crippen LogP contribution >= 0.6 is 0 Å². The molecule has 1 N–H and O–H groups in total. The largest absolute Gasteiger partial charge is 0.326 e. The van der Waals surface area contributed by atoms with Gasteiger partial charge in [0.15, 0.2) is 0 Å². The number of nitrogens with one attached hydrogen (secondary N) is 1. The molecule has 0 aromatic heterocycles. The van der Waals surface area contributed by atoms with Gasteiger partial charge < -0.3 is 4.90 Å². The smallest absolute Gasteiger partial charge is 0.241 e. The van der Waals surface area contributed by atoms with Crippen molar-refractivity contribution in [2.45, 2.75) is 45.2 Å². The number of carbonyl (C=O) groups is 1.